The number of unbranched alkanes of at least 4 members (excludes halogenated alkanes) is 27. The smallest absolute Gasteiger partial charge is 0.00979 e. The van der Waals surface area contributed by atoms with Crippen molar-refractivity contribution in [3.05, 3.63) is 0 Å². The van der Waals surface area contributed by atoms with Crippen molar-refractivity contribution in [2.24, 2.45) is 0 Å². The van der Waals surface area contributed by atoms with Crippen molar-refractivity contribution in [2.45, 2.75) is 200 Å². The van der Waals surface area contributed by atoms with Crippen molar-refractivity contribution in [1.29, 1.82) is 0 Å². The molecule has 0 amide bonds. The molecule has 0 fully saturated rings. The Morgan fingerprint density at radius 1 is 0.229 bits per heavy atom. The van der Waals surface area contributed by atoms with E-state index in [1.165, 1.54) is 186 Å². The summed E-state index contributed by atoms with van der Waals surface area (Å²) in [6.45, 7) is 4.58. The average Bonchev–Trinajstić information content (AvgIpc) is 2.87. The molecule has 0 aromatic heterocycles. The molecule has 0 rings (SSSR count). The topological polar surface area (TPSA) is 0 Å². The Bertz CT molecular complexity index is 288. The summed E-state index contributed by atoms with van der Waals surface area (Å²) in [6, 6.07) is 0. The van der Waals surface area contributed by atoms with Gasteiger partial charge in [-0.1, -0.05) is 187 Å². The van der Waals surface area contributed by atoms with Crippen LogP contribution in [0.5, 0.6) is 0 Å². The standard InChI is InChI=1S/C17H36S.C16H34S/c1-2-3-4-5-6-7-8-9-10-11-12-13-14-15-16-17-18;1-2-3-4-5-6-7-8-9-10-11-12-13-14-15-16-17/h18H,2-17H2,1H3;17H,2-16H2,1H3. The molecule has 0 aliphatic heterocycles. The summed E-state index contributed by atoms with van der Waals surface area (Å²) in [5.41, 5.74) is 0. The van der Waals surface area contributed by atoms with Crippen LogP contribution < -0.4 is 0 Å². The molecule has 0 aromatic rings. The Morgan fingerprint density at radius 2 is 0.371 bits per heavy atom. The molecular formula is C33H70S2. The molecule has 0 bridgehead atoms. The van der Waals surface area contributed by atoms with E-state index in [0.29, 0.717) is 0 Å². The first kappa shape index (κ1) is 37.9. The number of rotatable bonds is 29. The monoisotopic (exact) mass is 530 g/mol. The van der Waals surface area contributed by atoms with E-state index in [1.807, 2.05) is 0 Å². The van der Waals surface area contributed by atoms with E-state index in [1.54, 1.807) is 0 Å². The summed E-state index contributed by atoms with van der Waals surface area (Å²) in [5, 5.41) is 0. The highest BCUT2D eigenvalue weighted by atomic mass is 32.1. The molecule has 0 saturated carbocycles. The van der Waals surface area contributed by atoms with E-state index in [9.17, 15) is 0 Å². The van der Waals surface area contributed by atoms with Crippen LogP contribution in [0.25, 0.3) is 0 Å². The van der Waals surface area contributed by atoms with Gasteiger partial charge in [0.05, 0.1) is 0 Å². The molecule has 2 heteroatoms. The molecule has 0 aliphatic carbocycles. The van der Waals surface area contributed by atoms with Crippen molar-refractivity contribution >= 4 is 25.3 Å². The number of thiol groups is 2. The predicted molar refractivity (Wildman–Crippen MR) is 173 cm³/mol. The predicted octanol–water partition coefficient (Wildman–Crippen LogP) is 13.2. The van der Waals surface area contributed by atoms with Gasteiger partial charge < -0.3 is 0 Å². The summed E-state index contributed by atoms with van der Waals surface area (Å²) in [4.78, 5) is 0. The molecule has 0 saturated heterocycles. The fourth-order valence-electron chi connectivity index (χ4n) is 4.79. The van der Waals surface area contributed by atoms with Crippen LogP contribution in [0.15, 0.2) is 0 Å². The van der Waals surface area contributed by atoms with Gasteiger partial charge in [-0.2, -0.15) is 25.3 Å². The lowest BCUT2D eigenvalue weighted by molar-refractivity contribution is 0.535. The maximum atomic E-state index is 4.24. The maximum Gasteiger partial charge on any atom is -0.00979 e. The molecule has 0 atom stereocenters. The molecule has 0 unspecified atom stereocenters. The molecule has 0 aromatic carbocycles. The van der Waals surface area contributed by atoms with Gasteiger partial charge in [-0.05, 0) is 24.3 Å². The van der Waals surface area contributed by atoms with Crippen LogP contribution in [0.2, 0.25) is 0 Å². The van der Waals surface area contributed by atoms with Gasteiger partial charge >= 0.3 is 0 Å². The molecule has 35 heavy (non-hydrogen) atoms. The molecular weight excluding hydrogens is 460 g/mol. The fourth-order valence-corrected chi connectivity index (χ4v) is 5.24. The molecule has 0 spiro atoms. The van der Waals surface area contributed by atoms with Gasteiger partial charge in [-0.3, -0.25) is 0 Å². The summed E-state index contributed by atoms with van der Waals surface area (Å²) >= 11 is 8.47. The van der Waals surface area contributed by atoms with Gasteiger partial charge in [0.2, 0.25) is 0 Å². The second kappa shape index (κ2) is 39.2. The van der Waals surface area contributed by atoms with Crippen LogP contribution in [-0.2, 0) is 0 Å². The molecule has 214 valence electrons. The third kappa shape index (κ3) is 42.1. The van der Waals surface area contributed by atoms with Gasteiger partial charge in [0, 0.05) is 0 Å². The Morgan fingerprint density at radius 3 is 0.514 bits per heavy atom. The highest BCUT2D eigenvalue weighted by molar-refractivity contribution is 7.80. The minimum atomic E-state index is 1.07. The van der Waals surface area contributed by atoms with Crippen LogP contribution >= 0.6 is 25.3 Å². The second-order valence-corrected chi connectivity index (χ2v) is 11.9. The minimum absolute atomic E-state index is 1.07. The van der Waals surface area contributed by atoms with Crippen molar-refractivity contribution in [2.75, 3.05) is 11.5 Å². The quantitative estimate of drug-likeness (QED) is 0.0697. The SMILES string of the molecule is CCCCCCCCCCCCCCCCCS.CCCCCCCCCCCCCCCCS. The summed E-state index contributed by atoms with van der Waals surface area (Å²) in [7, 11) is 0. The highest BCUT2D eigenvalue weighted by Crippen LogP contribution is 2.14. The first-order valence-corrected chi connectivity index (χ1v) is 17.8. The molecule has 0 aliphatic rings. The third-order valence-corrected chi connectivity index (χ3v) is 7.91. The van der Waals surface area contributed by atoms with Crippen LogP contribution in [0.3, 0.4) is 0 Å². The highest BCUT2D eigenvalue weighted by Gasteiger charge is 1.95. The Hall–Kier alpha value is 0.700. The lowest BCUT2D eigenvalue weighted by Crippen LogP contribution is -1.83. The molecule has 0 N–H and O–H groups in total. The Labute approximate surface area is 236 Å². The Balaban J connectivity index is 0. The van der Waals surface area contributed by atoms with Crippen molar-refractivity contribution in [3.63, 3.8) is 0 Å². The van der Waals surface area contributed by atoms with Gasteiger partial charge in [0.15, 0.2) is 0 Å². The van der Waals surface area contributed by atoms with E-state index in [0.717, 1.165) is 11.5 Å². The van der Waals surface area contributed by atoms with E-state index >= 15 is 0 Å². The largest absolute Gasteiger partial charge is 0.179 e. The second-order valence-electron chi connectivity index (χ2n) is 11.0. The Kier molecular flexibility index (Phi) is 42.4. The average molecular weight is 531 g/mol. The number of hydrogen-bond acceptors (Lipinski definition) is 2. The van der Waals surface area contributed by atoms with Gasteiger partial charge in [-0.25, -0.2) is 0 Å². The molecule has 0 radical (unpaired) electrons. The molecule has 0 nitrogen and oxygen atoms in total. The van der Waals surface area contributed by atoms with Crippen LogP contribution in [0.1, 0.15) is 200 Å². The molecule has 0 heterocycles. The van der Waals surface area contributed by atoms with Gasteiger partial charge in [0.1, 0.15) is 0 Å². The van der Waals surface area contributed by atoms with Crippen LogP contribution in [0.4, 0.5) is 0 Å². The zero-order chi connectivity index (χ0) is 25.9. The van der Waals surface area contributed by atoms with E-state index < -0.39 is 0 Å². The van der Waals surface area contributed by atoms with E-state index in [2.05, 4.69) is 39.1 Å². The first-order valence-electron chi connectivity index (χ1n) is 16.5. The maximum absolute atomic E-state index is 4.24. The summed E-state index contributed by atoms with van der Waals surface area (Å²) < 4.78 is 0. The first-order chi connectivity index (χ1) is 17.3. The summed E-state index contributed by atoms with van der Waals surface area (Å²) in [6.07, 6.45) is 41.8. The zero-order valence-electron chi connectivity index (χ0n) is 24.8. The van der Waals surface area contributed by atoms with Crippen molar-refractivity contribution in [1.82, 2.24) is 0 Å². The summed E-state index contributed by atoms with van der Waals surface area (Å²) in [5.74, 6) is 2.14. The van der Waals surface area contributed by atoms with Gasteiger partial charge in [-0.15, -0.1) is 0 Å². The lowest BCUT2D eigenvalue weighted by atomic mass is 10.0. The van der Waals surface area contributed by atoms with Crippen molar-refractivity contribution in [3.8, 4) is 0 Å². The third-order valence-electron chi connectivity index (χ3n) is 7.27. The van der Waals surface area contributed by atoms with Crippen LogP contribution in [-0.4, -0.2) is 11.5 Å². The lowest BCUT2D eigenvalue weighted by Gasteiger charge is -2.02. The van der Waals surface area contributed by atoms with Gasteiger partial charge in [0.25, 0.3) is 0 Å². The normalized spacial score (nSPS) is 11.0. The van der Waals surface area contributed by atoms with E-state index in [-0.39, 0.29) is 0 Å². The number of hydrogen-bond donors (Lipinski definition) is 2. The zero-order valence-corrected chi connectivity index (χ0v) is 26.6. The van der Waals surface area contributed by atoms with Crippen LogP contribution in [0, 0.1) is 0 Å². The van der Waals surface area contributed by atoms with Crippen molar-refractivity contribution < 1.29 is 0 Å². The minimum Gasteiger partial charge on any atom is -0.179 e. The fraction of sp³-hybridized carbons (Fsp3) is 1.00. The van der Waals surface area contributed by atoms with E-state index in [4.69, 9.17) is 0 Å².